The van der Waals surface area contributed by atoms with Gasteiger partial charge in [0.25, 0.3) is 5.91 Å². The second-order valence-electron chi connectivity index (χ2n) is 3.82. The first kappa shape index (κ1) is 11.8. The number of likely N-dealkylation sites (tertiary alicyclic amines) is 1. The summed E-state index contributed by atoms with van der Waals surface area (Å²) < 4.78 is 13.5. The van der Waals surface area contributed by atoms with Gasteiger partial charge in [-0.2, -0.15) is 0 Å². The lowest BCUT2D eigenvalue weighted by atomic mass is 10.2. The van der Waals surface area contributed by atoms with Gasteiger partial charge in [-0.25, -0.2) is 4.39 Å². The van der Waals surface area contributed by atoms with Crippen molar-refractivity contribution in [2.75, 3.05) is 13.1 Å². The van der Waals surface area contributed by atoms with Crippen molar-refractivity contribution >= 4 is 28.5 Å². The van der Waals surface area contributed by atoms with E-state index in [-0.39, 0.29) is 11.7 Å². The number of hydrogen-bond donors (Lipinski definition) is 1. The van der Waals surface area contributed by atoms with Gasteiger partial charge in [0, 0.05) is 16.7 Å². The van der Waals surface area contributed by atoms with Gasteiger partial charge >= 0.3 is 0 Å². The number of aliphatic hydroxyl groups excluding tert-OH is 1. The van der Waals surface area contributed by atoms with E-state index in [9.17, 15) is 14.3 Å². The molecule has 1 aromatic rings. The number of rotatable bonds is 1. The number of carbonyl (C=O) groups is 1. The van der Waals surface area contributed by atoms with E-state index in [0.717, 1.165) is 0 Å². The smallest absolute Gasteiger partial charge is 0.255 e. The molecule has 1 fully saturated rings. The Morgan fingerprint density at radius 1 is 1.56 bits per heavy atom. The SMILES string of the molecule is O=C(c1ccc(F)cc1I)N1CC[C@@H](O)C1. The van der Waals surface area contributed by atoms with E-state index in [1.165, 1.54) is 18.2 Å². The van der Waals surface area contributed by atoms with E-state index in [2.05, 4.69) is 0 Å². The molecule has 0 aromatic heterocycles. The van der Waals surface area contributed by atoms with Crippen molar-refractivity contribution in [3.63, 3.8) is 0 Å². The van der Waals surface area contributed by atoms with Gasteiger partial charge in [-0.1, -0.05) is 0 Å². The van der Waals surface area contributed by atoms with E-state index in [4.69, 9.17) is 0 Å². The predicted molar refractivity (Wildman–Crippen MR) is 65.6 cm³/mol. The molecule has 86 valence electrons. The second-order valence-corrected chi connectivity index (χ2v) is 4.98. The first-order valence-electron chi connectivity index (χ1n) is 5.00. The molecule has 0 radical (unpaired) electrons. The molecule has 1 atom stereocenters. The number of benzene rings is 1. The van der Waals surface area contributed by atoms with Crippen LogP contribution >= 0.6 is 22.6 Å². The third-order valence-electron chi connectivity index (χ3n) is 2.61. The Hall–Kier alpha value is -0.690. The number of nitrogens with zero attached hydrogens (tertiary/aromatic N) is 1. The molecular weight excluding hydrogens is 324 g/mol. The van der Waals surface area contributed by atoms with Crippen LogP contribution in [0, 0.1) is 9.39 Å². The van der Waals surface area contributed by atoms with Gasteiger partial charge in [0.05, 0.1) is 11.7 Å². The third-order valence-corrected chi connectivity index (χ3v) is 3.50. The zero-order chi connectivity index (χ0) is 11.7. The highest BCUT2D eigenvalue weighted by atomic mass is 127. The molecule has 1 amide bonds. The Bertz CT molecular complexity index is 424. The van der Waals surface area contributed by atoms with Crippen LogP contribution in [0.15, 0.2) is 18.2 Å². The van der Waals surface area contributed by atoms with E-state index >= 15 is 0 Å². The van der Waals surface area contributed by atoms with Gasteiger partial charge in [0.2, 0.25) is 0 Å². The highest BCUT2D eigenvalue weighted by molar-refractivity contribution is 14.1. The third kappa shape index (κ3) is 2.35. The van der Waals surface area contributed by atoms with Crippen molar-refractivity contribution in [3.8, 4) is 0 Å². The zero-order valence-electron chi connectivity index (χ0n) is 8.49. The van der Waals surface area contributed by atoms with E-state index in [0.29, 0.717) is 28.6 Å². The van der Waals surface area contributed by atoms with Crippen LogP contribution < -0.4 is 0 Å². The standard InChI is InChI=1S/C11H11FINO2/c12-7-1-2-9(10(13)5-7)11(16)14-4-3-8(15)6-14/h1-2,5,8,15H,3-4,6H2/t8-/m1/s1. The van der Waals surface area contributed by atoms with Crippen LogP contribution in [0.3, 0.4) is 0 Å². The summed E-state index contributed by atoms with van der Waals surface area (Å²) in [6, 6.07) is 4.10. The Labute approximate surface area is 106 Å². The summed E-state index contributed by atoms with van der Waals surface area (Å²) in [4.78, 5) is 13.6. The average Bonchev–Trinajstić information content (AvgIpc) is 2.64. The fourth-order valence-corrected chi connectivity index (χ4v) is 2.47. The van der Waals surface area contributed by atoms with E-state index in [1.54, 1.807) is 4.90 Å². The highest BCUT2D eigenvalue weighted by Crippen LogP contribution is 2.19. The highest BCUT2D eigenvalue weighted by Gasteiger charge is 2.26. The van der Waals surface area contributed by atoms with Gasteiger partial charge in [-0.05, 0) is 47.2 Å². The van der Waals surface area contributed by atoms with Gasteiger partial charge in [-0.15, -0.1) is 0 Å². The molecule has 1 aromatic carbocycles. The van der Waals surface area contributed by atoms with Crippen LogP contribution in [0.1, 0.15) is 16.8 Å². The minimum Gasteiger partial charge on any atom is -0.391 e. The first-order chi connectivity index (χ1) is 7.58. The van der Waals surface area contributed by atoms with Gasteiger partial charge in [0.1, 0.15) is 5.82 Å². The van der Waals surface area contributed by atoms with Crippen LogP contribution in [-0.2, 0) is 0 Å². The molecule has 1 heterocycles. The van der Waals surface area contributed by atoms with Crippen molar-refractivity contribution < 1.29 is 14.3 Å². The van der Waals surface area contributed by atoms with Crippen LogP contribution in [-0.4, -0.2) is 35.1 Å². The molecule has 16 heavy (non-hydrogen) atoms. The Morgan fingerprint density at radius 2 is 2.31 bits per heavy atom. The molecule has 5 heteroatoms. The summed E-state index contributed by atoms with van der Waals surface area (Å²) in [5.74, 6) is -0.483. The Morgan fingerprint density at radius 3 is 2.88 bits per heavy atom. The number of β-amino-alcohol motifs (C(OH)–C–C–N with tert-alkyl or cyclic N) is 1. The monoisotopic (exact) mass is 335 g/mol. The van der Waals surface area contributed by atoms with Crippen LogP contribution in [0.2, 0.25) is 0 Å². The number of aliphatic hydroxyl groups is 1. The minimum absolute atomic E-state index is 0.138. The summed E-state index contributed by atoms with van der Waals surface area (Å²) >= 11 is 1.94. The number of amides is 1. The molecule has 2 rings (SSSR count). The maximum Gasteiger partial charge on any atom is 0.255 e. The minimum atomic E-state index is -0.429. The zero-order valence-corrected chi connectivity index (χ0v) is 10.6. The number of carbonyl (C=O) groups excluding carboxylic acids is 1. The summed E-state index contributed by atoms with van der Waals surface area (Å²) in [7, 11) is 0. The summed E-state index contributed by atoms with van der Waals surface area (Å²) in [5.41, 5.74) is 0.496. The van der Waals surface area contributed by atoms with Crippen molar-refractivity contribution in [1.82, 2.24) is 4.90 Å². The topological polar surface area (TPSA) is 40.5 Å². The molecule has 1 aliphatic rings. The van der Waals surface area contributed by atoms with Crippen molar-refractivity contribution in [3.05, 3.63) is 33.1 Å². The maximum atomic E-state index is 12.9. The Balaban J connectivity index is 2.21. The van der Waals surface area contributed by atoms with Crippen LogP contribution in [0.4, 0.5) is 4.39 Å². The lowest BCUT2D eigenvalue weighted by Crippen LogP contribution is -2.30. The maximum absolute atomic E-state index is 12.9. The van der Waals surface area contributed by atoms with Crippen molar-refractivity contribution in [2.45, 2.75) is 12.5 Å². The molecule has 0 saturated carbocycles. The molecule has 0 aliphatic carbocycles. The lowest BCUT2D eigenvalue weighted by Gasteiger charge is -2.16. The van der Waals surface area contributed by atoms with Gasteiger partial charge < -0.3 is 10.0 Å². The number of halogens is 2. The quantitative estimate of drug-likeness (QED) is 0.793. The largest absolute Gasteiger partial charge is 0.391 e. The van der Waals surface area contributed by atoms with Crippen LogP contribution in [0.5, 0.6) is 0 Å². The fraction of sp³-hybridized carbons (Fsp3) is 0.364. The normalized spacial score (nSPS) is 20.2. The molecule has 1 saturated heterocycles. The van der Waals surface area contributed by atoms with Gasteiger partial charge in [-0.3, -0.25) is 4.79 Å². The second kappa shape index (κ2) is 4.67. The summed E-state index contributed by atoms with van der Waals surface area (Å²) in [5, 5.41) is 9.35. The van der Waals surface area contributed by atoms with E-state index in [1.807, 2.05) is 22.6 Å². The summed E-state index contributed by atoms with van der Waals surface area (Å²) in [6.45, 7) is 0.930. The first-order valence-corrected chi connectivity index (χ1v) is 6.08. The molecular formula is C11H11FINO2. The van der Waals surface area contributed by atoms with Crippen molar-refractivity contribution in [2.24, 2.45) is 0 Å². The lowest BCUT2D eigenvalue weighted by molar-refractivity contribution is 0.0764. The van der Waals surface area contributed by atoms with E-state index < -0.39 is 6.10 Å². The average molecular weight is 335 g/mol. The number of hydrogen-bond acceptors (Lipinski definition) is 2. The van der Waals surface area contributed by atoms with Crippen molar-refractivity contribution in [1.29, 1.82) is 0 Å². The molecule has 0 bridgehead atoms. The molecule has 0 spiro atoms. The Kier molecular flexibility index (Phi) is 3.44. The molecule has 3 nitrogen and oxygen atoms in total. The molecule has 0 unspecified atom stereocenters. The fourth-order valence-electron chi connectivity index (χ4n) is 1.76. The van der Waals surface area contributed by atoms with Gasteiger partial charge in [0.15, 0.2) is 0 Å². The van der Waals surface area contributed by atoms with Crippen LogP contribution in [0.25, 0.3) is 0 Å². The molecule has 1 aliphatic heterocycles. The molecule has 1 N–H and O–H groups in total. The summed E-state index contributed by atoms with van der Waals surface area (Å²) in [6.07, 6.45) is 0.186. The predicted octanol–water partition coefficient (Wildman–Crippen LogP) is 1.64.